The zero-order valence-electron chi connectivity index (χ0n) is 9.64. The minimum atomic E-state index is -1.02. The minimum Gasteiger partial charge on any atom is -0.488 e. The van der Waals surface area contributed by atoms with E-state index in [0.29, 0.717) is 11.4 Å². The highest BCUT2D eigenvalue weighted by atomic mass is 16.5. The first-order valence-electron chi connectivity index (χ1n) is 5.29. The summed E-state index contributed by atoms with van der Waals surface area (Å²) in [6.07, 6.45) is 0.0787. The van der Waals surface area contributed by atoms with Gasteiger partial charge in [-0.25, -0.2) is 4.79 Å². The molecule has 1 aliphatic heterocycles. The fraction of sp³-hybridized carbons (Fsp3) is 0.333. The van der Waals surface area contributed by atoms with E-state index in [0.717, 1.165) is 0 Å². The first-order chi connectivity index (χ1) is 7.99. The van der Waals surface area contributed by atoms with Crippen LogP contribution < -0.4 is 9.64 Å². The lowest BCUT2D eigenvalue weighted by molar-refractivity contribution is -0.119. The van der Waals surface area contributed by atoms with Crippen molar-refractivity contribution >= 4 is 17.6 Å². The number of ether oxygens (including phenoxy) is 1. The van der Waals surface area contributed by atoms with Crippen molar-refractivity contribution in [3.05, 3.63) is 23.8 Å². The molecule has 0 aromatic heterocycles. The van der Waals surface area contributed by atoms with Crippen molar-refractivity contribution < 1.29 is 19.4 Å². The number of carboxylic acid groups (broad SMARTS) is 1. The number of fused-ring (bicyclic) bond motifs is 1. The van der Waals surface area contributed by atoms with Gasteiger partial charge in [-0.05, 0) is 25.1 Å². The molecule has 1 aromatic rings. The van der Waals surface area contributed by atoms with Crippen LogP contribution in [0.1, 0.15) is 23.7 Å². The van der Waals surface area contributed by atoms with Gasteiger partial charge in [0.2, 0.25) is 5.91 Å². The third-order valence-corrected chi connectivity index (χ3v) is 2.73. The fourth-order valence-corrected chi connectivity index (χ4v) is 1.79. The van der Waals surface area contributed by atoms with Crippen molar-refractivity contribution in [3.63, 3.8) is 0 Å². The van der Waals surface area contributed by atoms with E-state index in [1.54, 1.807) is 13.1 Å². The standard InChI is InChI=1S/C12H13NO4/c1-7-5-11(14)13(2)9-6-8(12(15)16)3-4-10(9)17-7/h3-4,6-7H,5H2,1-2H3,(H,15,16). The Labute approximate surface area is 98.6 Å². The van der Waals surface area contributed by atoms with Crippen LogP contribution in [0.4, 0.5) is 5.69 Å². The first kappa shape index (κ1) is 11.4. The first-order valence-corrected chi connectivity index (χ1v) is 5.29. The Balaban J connectivity index is 2.51. The number of anilines is 1. The molecule has 0 fully saturated rings. The van der Waals surface area contributed by atoms with Crippen LogP contribution >= 0.6 is 0 Å². The highest BCUT2D eigenvalue weighted by Crippen LogP contribution is 2.33. The molecule has 0 spiro atoms. The second-order valence-electron chi connectivity index (χ2n) is 4.07. The van der Waals surface area contributed by atoms with E-state index in [1.807, 2.05) is 6.92 Å². The molecule has 1 atom stereocenters. The lowest BCUT2D eigenvalue weighted by Gasteiger charge is -2.16. The van der Waals surface area contributed by atoms with Gasteiger partial charge in [-0.1, -0.05) is 0 Å². The number of carbonyl (C=O) groups excluding carboxylic acids is 1. The Hall–Kier alpha value is -2.04. The lowest BCUT2D eigenvalue weighted by Crippen LogP contribution is -2.27. The smallest absolute Gasteiger partial charge is 0.335 e. The molecule has 5 heteroatoms. The molecule has 1 amide bonds. The summed E-state index contributed by atoms with van der Waals surface area (Å²) >= 11 is 0. The van der Waals surface area contributed by atoms with Crippen molar-refractivity contribution in [2.45, 2.75) is 19.4 Å². The summed E-state index contributed by atoms with van der Waals surface area (Å²) in [5.74, 6) is -0.569. The van der Waals surface area contributed by atoms with E-state index in [2.05, 4.69) is 0 Å². The monoisotopic (exact) mass is 235 g/mol. The van der Waals surface area contributed by atoms with E-state index < -0.39 is 5.97 Å². The number of amides is 1. The molecule has 90 valence electrons. The van der Waals surface area contributed by atoms with Gasteiger partial charge in [-0.3, -0.25) is 4.79 Å². The predicted molar refractivity (Wildman–Crippen MR) is 61.5 cm³/mol. The number of hydrogen-bond acceptors (Lipinski definition) is 3. The van der Waals surface area contributed by atoms with Crippen molar-refractivity contribution in [1.29, 1.82) is 0 Å². The third kappa shape index (κ3) is 2.08. The highest BCUT2D eigenvalue weighted by Gasteiger charge is 2.24. The zero-order valence-corrected chi connectivity index (χ0v) is 9.64. The second-order valence-corrected chi connectivity index (χ2v) is 4.07. The summed E-state index contributed by atoms with van der Waals surface area (Å²) in [4.78, 5) is 24.1. The van der Waals surface area contributed by atoms with Gasteiger partial charge < -0.3 is 14.7 Å². The Morgan fingerprint density at radius 2 is 2.24 bits per heavy atom. The SMILES string of the molecule is CC1CC(=O)N(C)c2cc(C(=O)O)ccc2O1. The molecule has 2 rings (SSSR count). The molecule has 0 saturated heterocycles. The number of nitrogens with zero attached hydrogens (tertiary/aromatic N) is 1. The van der Waals surface area contributed by atoms with E-state index in [1.165, 1.54) is 17.0 Å². The molecule has 1 aromatic carbocycles. The van der Waals surface area contributed by atoms with Crippen molar-refractivity contribution in [2.24, 2.45) is 0 Å². The van der Waals surface area contributed by atoms with Crippen LogP contribution in [0.5, 0.6) is 5.75 Å². The van der Waals surface area contributed by atoms with Crippen LogP contribution in [0.3, 0.4) is 0 Å². The largest absolute Gasteiger partial charge is 0.488 e. The topological polar surface area (TPSA) is 66.8 Å². The Morgan fingerprint density at radius 3 is 2.88 bits per heavy atom. The van der Waals surface area contributed by atoms with Crippen molar-refractivity contribution in [1.82, 2.24) is 0 Å². The van der Waals surface area contributed by atoms with Gasteiger partial charge in [0.1, 0.15) is 11.9 Å². The van der Waals surface area contributed by atoms with Gasteiger partial charge in [0.15, 0.2) is 0 Å². The molecule has 5 nitrogen and oxygen atoms in total. The second kappa shape index (κ2) is 4.08. The molecule has 0 saturated carbocycles. The number of rotatable bonds is 1. The molecule has 1 heterocycles. The zero-order chi connectivity index (χ0) is 12.6. The Kier molecular flexibility index (Phi) is 2.75. The summed E-state index contributed by atoms with van der Waals surface area (Å²) in [5.41, 5.74) is 0.640. The minimum absolute atomic E-state index is 0.0845. The molecule has 0 aliphatic carbocycles. The Morgan fingerprint density at radius 1 is 1.53 bits per heavy atom. The van der Waals surface area contributed by atoms with E-state index in [9.17, 15) is 9.59 Å². The van der Waals surface area contributed by atoms with Crippen LogP contribution in [-0.4, -0.2) is 30.1 Å². The molecule has 1 N–H and O–H groups in total. The number of benzene rings is 1. The third-order valence-electron chi connectivity index (χ3n) is 2.73. The summed E-state index contributed by atoms with van der Waals surface area (Å²) in [6, 6.07) is 4.51. The molecule has 0 radical (unpaired) electrons. The van der Waals surface area contributed by atoms with Gasteiger partial charge in [-0.15, -0.1) is 0 Å². The van der Waals surface area contributed by atoms with E-state index in [-0.39, 0.29) is 24.0 Å². The van der Waals surface area contributed by atoms with Gasteiger partial charge in [-0.2, -0.15) is 0 Å². The normalized spacial score (nSPS) is 19.3. The van der Waals surface area contributed by atoms with Crippen LogP contribution in [0.25, 0.3) is 0 Å². The maximum Gasteiger partial charge on any atom is 0.335 e. The maximum absolute atomic E-state index is 11.8. The molecule has 17 heavy (non-hydrogen) atoms. The highest BCUT2D eigenvalue weighted by molar-refractivity contribution is 5.97. The van der Waals surface area contributed by atoms with Crippen LogP contribution in [0.2, 0.25) is 0 Å². The number of carboxylic acids is 1. The molecular formula is C12H13NO4. The number of aromatic carboxylic acids is 1. The van der Waals surface area contributed by atoms with Gasteiger partial charge in [0, 0.05) is 7.05 Å². The predicted octanol–water partition coefficient (Wildman–Crippen LogP) is 1.52. The van der Waals surface area contributed by atoms with Gasteiger partial charge >= 0.3 is 5.97 Å². The summed E-state index contributed by atoms with van der Waals surface area (Å²) < 4.78 is 5.58. The lowest BCUT2D eigenvalue weighted by atomic mass is 10.1. The molecular weight excluding hydrogens is 222 g/mol. The quantitative estimate of drug-likeness (QED) is 0.801. The maximum atomic E-state index is 11.8. The van der Waals surface area contributed by atoms with Crippen molar-refractivity contribution in [3.8, 4) is 5.75 Å². The Bertz CT molecular complexity index is 483. The average molecular weight is 235 g/mol. The average Bonchev–Trinajstić information content (AvgIpc) is 2.37. The molecule has 1 unspecified atom stereocenters. The van der Waals surface area contributed by atoms with Gasteiger partial charge in [0.05, 0.1) is 17.7 Å². The van der Waals surface area contributed by atoms with Gasteiger partial charge in [0.25, 0.3) is 0 Å². The van der Waals surface area contributed by atoms with Crippen LogP contribution in [0.15, 0.2) is 18.2 Å². The van der Waals surface area contributed by atoms with E-state index >= 15 is 0 Å². The number of hydrogen-bond donors (Lipinski definition) is 1. The van der Waals surface area contributed by atoms with Crippen LogP contribution in [-0.2, 0) is 4.79 Å². The summed E-state index contributed by atoms with van der Waals surface area (Å²) in [7, 11) is 1.62. The van der Waals surface area contributed by atoms with Crippen molar-refractivity contribution in [2.75, 3.05) is 11.9 Å². The molecule has 1 aliphatic rings. The van der Waals surface area contributed by atoms with Crippen LogP contribution in [0, 0.1) is 0 Å². The summed E-state index contributed by atoms with van der Waals surface area (Å²) in [5, 5.41) is 8.92. The summed E-state index contributed by atoms with van der Waals surface area (Å²) in [6.45, 7) is 1.81. The number of carbonyl (C=O) groups is 2. The fourth-order valence-electron chi connectivity index (χ4n) is 1.79. The van der Waals surface area contributed by atoms with E-state index in [4.69, 9.17) is 9.84 Å². The molecule has 0 bridgehead atoms.